The lowest BCUT2D eigenvalue weighted by Gasteiger charge is -2.26. The Labute approximate surface area is 322 Å². The summed E-state index contributed by atoms with van der Waals surface area (Å²) < 4.78 is 8.44. The average molecular weight is 709 g/mol. The van der Waals surface area contributed by atoms with Gasteiger partial charge in [0, 0.05) is 33.5 Å². The monoisotopic (exact) mass is 708 g/mol. The third-order valence-corrected chi connectivity index (χ3v) is 10.3. The summed E-state index contributed by atoms with van der Waals surface area (Å²) in [6.45, 7) is 4.97. The summed E-state index contributed by atoms with van der Waals surface area (Å²) in [5.74, 6) is 0. The molecular formula is C52H40N2O. The van der Waals surface area contributed by atoms with Crippen molar-refractivity contribution >= 4 is 44.9 Å². The van der Waals surface area contributed by atoms with E-state index < -0.39 is 0 Å². The number of anilines is 3. The molecule has 0 atom stereocenters. The Bertz CT molecular complexity index is 2700. The number of benzene rings is 8. The Morgan fingerprint density at radius 3 is 1.56 bits per heavy atom. The minimum absolute atomic E-state index is 0.558. The molecule has 0 aliphatic rings. The van der Waals surface area contributed by atoms with Gasteiger partial charge in [0.15, 0.2) is 0 Å². The highest BCUT2D eigenvalue weighted by Crippen LogP contribution is 2.41. The topological polar surface area (TPSA) is 17.4 Å². The second-order valence-electron chi connectivity index (χ2n) is 13.8. The summed E-state index contributed by atoms with van der Waals surface area (Å²) in [5.41, 5.74) is 15.0. The van der Waals surface area contributed by atoms with E-state index >= 15 is 0 Å². The first kappa shape index (κ1) is 33.9. The molecule has 0 fully saturated rings. The smallest absolute Gasteiger partial charge is 0.0721 e. The van der Waals surface area contributed by atoms with E-state index in [9.17, 15) is 0 Å². The van der Waals surface area contributed by atoms with Gasteiger partial charge in [0.25, 0.3) is 0 Å². The number of nitrogens with zero attached hydrogens (tertiary/aromatic N) is 2. The van der Waals surface area contributed by atoms with E-state index in [-0.39, 0.29) is 0 Å². The molecule has 0 aliphatic carbocycles. The van der Waals surface area contributed by atoms with Crippen molar-refractivity contribution in [3.8, 4) is 27.9 Å². The van der Waals surface area contributed by atoms with Crippen molar-refractivity contribution in [2.75, 3.05) is 4.90 Å². The van der Waals surface area contributed by atoms with E-state index in [0.29, 0.717) is 13.2 Å². The number of fused-ring (bicyclic) bond motifs is 3. The van der Waals surface area contributed by atoms with Crippen LogP contribution in [-0.2, 0) is 18.0 Å². The van der Waals surface area contributed by atoms with Crippen LogP contribution in [0.15, 0.2) is 207 Å². The quantitative estimate of drug-likeness (QED) is 0.133. The number of ether oxygens (including phenoxy) is 1. The summed E-state index contributed by atoms with van der Waals surface area (Å²) in [5, 5.41) is 2.41. The number of hydrogen-bond acceptors (Lipinski definition) is 2. The van der Waals surface area contributed by atoms with Crippen molar-refractivity contribution in [2.45, 2.75) is 13.2 Å². The highest BCUT2D eigenvalue weighted by atomic mass is 16.5. The van der Waals surface area contributed by atoms with E-state index in [2.05, 4.69) is 216 Å². The predicted molar refractivity (Wildman–Crippen MR) is 231 cm³/mol. The Morgan fingerprint density at radius 1 is 0.436 bits per heavy atom. The summed E-state index contributed by atoms with van der Waals surface area (Å²) in [7, 11) is 0. The molecule has 0 spiro atoms. The van der Waals surface area contributed by atoms with Gasteiger partial charge in [-0.25, -0.2) is 0 Å². The van der Waals surface area contributed by atoms with Crippen LogP contribution in [0.25, 0.3) is 55.8 Å². The van der Waals surface area contributed by atoms with Gasteiger partial charge in [-0.2, -0.15) is 0 Å². The van der Waals surface area contributed by atoms with Gasteiger partial charge in [-0.05, 0) is 106 Å². The van der Waals surface area contributed by atoms with Crippen molar-refractivity contribution in [1.82, 2.24) is 4.57 Å². The van der Waals surface area contributed by atoms with Crippen LogP contribution in [-0.4, -0.2) is 4.57 Å². The first-order valence-corrected chi connectivity index (χ1v) is 18.7. The average Bonchev–Trinajstić information content (AvgIpc) is 3.58. The maximum atomic E-state index is 6.06. The standard InChI is InChI=1S/C52H40N2O/c1-2-38-18-20-39(21-19-38)36-55-37-40-22-24-43(25-23-40)44-28-32-51-49(34-44)50-35-48(31-33-52(50)54(51)46-16-10-5-11-17-46)53(45-14-8-4-9-15-45)47-29-26-42(27-30-47)41-12-6-3-7-13-41/h2-35H,1,36-37H2. The molecule has 3 nitrogen and oxygen atoms in total. The van der Waals surface area contributed by atoms with Crippen LogP contribution in [0.5, 0.6) is 0 Å². The van der Waals surface area contributed by atoms with Crippen molar-refractivity contribution < 1.29 is 4.74 Å². The Balaban J connectivity index is 1.09. The molecular weight excluding hydrogens is 669 g/mol. The molecule has 1 heterocycles. The lowest BCUT2D eigenvalue weighted by molar-refractivity contribution is 0.107. The number of para-hydroxylation sites is 2. The Kier molecular flexibility index (Phi) is 9.36. The van der Waals surface area contributed by atoms with Crippen molar-refractivity contribution in [3.05, 3.63) is 223 Å². The zero-order valence-electron chi connectivity index (χ0n) is 30.6. The van der Waals surface area contributed by atoms with Gasteiger partial charge in [0.2, 0.25) is 0 Å². The predicted octanol–water partition coefficient (Wildman–Crippen LogP) is 13.9. The van der Waals surface area contributed by atoms with Gasteiger partial charge >= 0.3 is 0 Å². The second kappa shape index (κ2) is 15.2. The third kappa shape index (κ3) is 6.97. The SMILES string of the molecule is C=Cc1ccc(COCc2ccc(-c3ccc4c(c3)c3cc(N(c5ccccc5)c5ccc(-c6ccccc6)cc5)ccc3n4-c3ccccc3)cc2)cc1. The van der Waals surface area contributed by atoms with Gasteiger partial charge < -0.3 is 14.2 Å². The maximum absolute atomic E-state index is 6.06. The maximum Gasteiger partial charge on any atom is 0.0721 e. The molecule has 55 heavy (non-hydrogen) atoms. The summed E-state index contributed by atoms with van der Waals surface area (Å²) in [6, 6.07) is 71.5. The largest absolute Gasteiger partial charge is 0.372 e. The van der Waals surface area contributed by atoms with Crippen molar-refractivity contribution in [3.63, 3.8) is 0 Å². The molecule has 9 aromatic rings. The number of rotatable bonds is 11. The zero-order valence-corrected chi connectivity index (χ0v) is 30.6. The van der Waals surface area contributed by atoms with Gasteiger partial charge in [-0.15, -0.1) is 0 Å². The van der Waals surface area contributed by atoms with Gasteiger partial charge in [0.05, 0.1) is 24.2 Å². The van der Waals surface area contributed by atoms with Crippen LogP contribution in [0.4, 0.5) is 17.1 Å². The Morgan fingerprint density at radius 2 is 0.909 bits per heavy atom. The number of aromatic nitrogens is 1. The molecule has 0 amide bonds. The summed E-state index contributed by atoms with van der Waals surface area (Å²) in [4.78, 5) is 2.35. The van der Waals surface area contributed by atoms with Crippen LogP contribution in [0, 0.1) is 0 Å². The fourth-order valence-corrected chi connectivity index (χ4v) is 7.47. The number of hydrogen-bond donors (Lipinski definition) is 0. The fraction of sp³-hybridized carbons (Fsp3) is 0.0385. The van der Waals surface area contributed by atoms with Crippen LogP contribution in [0.1, 0.15) is 16.7 Å². The molecule has 0 N–H and O–H groups in total. The van der Waals surface area contributed by atoms with Crippen LogP contribution >= 0.6 is 0 Å². The summed E-state index contributed by atoms with van der Waals surface area (Å²) in [6.07, 6.45) is 1.86. The highest BCUT2D eigenvalue weighted by molar-refractivity contribution is 6.12. The molecule has 0 aliphatic heterocycles. The van der Waals surface area contributed by atoms with Gasteiger partial charge in [0.1, 0.15) is 0 Å². The first-order chi connectivity index (χ1) is 27.2. The van der Waals surface area contributed by atoms with E-state index in [4.69, 9.17) is 4.74 Å². The van der Waals surface area contributed by atoms with E-state index in [1.165, 1.54) is 44.1 Å². The molecule has 1 aromatic heterocycles. The first-order valence-electron chi connectivity index (χ1n) is 18.7. The summed E-state index contributed by atoms with van der Waals surface area (Å²) >= 11 is 0. The molecule has 3 heteroatoms. The van der Waals surface area contributed by atoms with Gasteiger partial charge in [-0.1, -0.05) is 146 Å². The van der Waals surface area contributed by atoms with Gasteiger partial charge in [-0.3, -0.25) is 0 Å². The highest BCUT2D eigenvalue weighted by Gasteiger charge is 2.18. The molecule has 264 valence electrons. The molecule has 0 unspecified atom stereocenters. The molecule has 0 bridgehead atoms. The molecule has 0 radical (unpaired) electrons. The lowest BCUT2D eigenvalue weighted by Crippen LogP contribution is -2.09. The second-order valence-corrected chi connectivity index (χ2v) is 13.8. The third-order valence-electron chi connectivity index (χ3n) is 10.3. The van der Waals surface area contributed by atoms with Crippen LogP contribution in [0.2, 0.25) is 0 Å². The fourth-order valence-electron chi connectivity index (χ4n) is 7.47. The Hall–Kier alpha value is -6.94. The minimum Gasteiger partial charge on any atom is -0.372 e. The minimum atomic E-state index is 0.558. The molecule has 0 saturated heterocycles. The van der Waals surface area contributed by atoms with Crippen molar-refractivity contribution in [1.29, 1.82) is 0 Å². The zero-order chi connectivity index (χ0) is 37.0. The van der Waals surface area contributed by atoms with E-state index in [1.807, 2.05) is 6.08 Å². The molecule has 8 aromatic carbocycles. The van der Waals surface area contributed by atoms with Crippen molar-refractivity contribution in [2.24, 2.45) is 0 Å². The van der Waals surface area contributed by atoms with Crippen LogP contribution in [0.3, 0.4) is 0 Å². The van der Waals surface area contributed by atoms with Crippen LogP contribution < -0.4 is 4.90 Å². The molecule has 0 saturated carbocycles. The van der Waals surface area contributed by atoms with E-state index in [0.717, 1.165) is 39.4 Å². The molecule has 9 rings (SSSR count). The lowest BCUT2D eigenvalue weighted by atomic mass is 10.0. The van der Waals surface area contributed by atoms with E-state index in [1.54, 1.807) is 0 Å². The normalized spacial score (nSPS) is 11.2.